The second-order valence-corrected chi connectivity index (χ2v) is 12.0. The summed E-state index contributed by atoms with van der Waals surface area (Å²) < 4.78 is 26.3. The Kier molecular flexibility index (Phi) is 10.0. The Morgan fingerprint density at radius 2 is 1.72 bits per heavy atom. The molecular weight excluding hydrogens is 521 g/mol. The van der Waals surface area contributed by atoms with Gasteiger partial charge in [0.25, 0.3) is 0 Å². The van der Waals surface area contributed by atoms with Crippen molar-refractivity contribution in [1.82, 2.24) is 10.2 Å². The molecule has 1 saturated carbocycles. The first-order valence-corrected chi connectivity index (χ1v) is 14.7. The average molecular weight is 555 g/mol. The van der Waals surface area contributed by atoms with E-state index in [2.05, 4.69) is 5.32 Å². The predicted octanol–water partition coefficient (Wildman–Crippen LogP) is 4.67. The molecule has 0 aliphatic heterocycles. The molecule has 2 aromatic rings. The summed E-state index contributed by atoms with van der Waals surface area (Å²) in [7, 11) is -3.86. The lowest BCUT2D eigenvalue weighted by molar-refractivity contribution is -0.139. The fourth-order valence-corrected chi connectivity index (χ4v) is 5.84. The van der Waals surface area contributed by atoms with Crippen molar-refractivity contribution in [2.75, 3.05) is 23.7 Å². The Hall–Kier alpha value is -2.29. The van der Waals surface area contributed by atoms with Crippen LogP contribution in [0.5, 0.6) is 0 Å². The summed E-state index contributed by atoms with van der Waals surface area (Å²) in [5, 5.41) is 3.54. The summed E-state index contributed by atoms with van der Waals surface area (Å²) in [6, 6.07) is 13.4. The van der Waals surface area contributed by atoms with Gasteiger partial charge in [0.15, 0.2) is 0 Å². The van der Waals surface area contributed by atoms with E-state index in [4.69, 9.17) is 23.2 Å². The lowest BCUT2D eigenvalue weighted by Crippen LogP contribution is -2.53. The van der Waals surface area contributed by atoms with Crippen LogP contribution in [0.2, 0.25) is 10.0 Å². The number of halogens is 2. The molecule has 0 bridgehead atoms. The van der Waals surface area contributed by atoms with Gasteiger partial charge in [0, 0.05) is 17.6 Å². The van der Waals surface area contributed by atoms with Crippen molar-refractivity contribution in [3.8, 4) is 0 Å². The normalized spacial score (nSPS) is 15.2. The van der Waals surface area contributed by atoms with Gasteiger partial charge in [0.2, 0.25) is 21.8 Å². The molecule has 1 aliphatic carbocycles. The predicted molar refractivity (Wildman–Crippen MR) is 145 cm³/mol. The number of hydrogen-bond donors (Lipinski definition) is 1. The number of amides is 2. The Bertz CT molecular complexity index is 1160. The number of benzene rings is 2. The highest BCUT2D eigenvalue weighted by atomic mass is 35.5. The van der Waals surface area contributed by atoms with E-state index >= 15 is 0 Å². The zero-order valence-electron chi connectivity index (χ0n) is 20.6. The molecule has 196 valence electrons. The van der Waals surface area contributed by atoms with Crippen LogP contribution in [0.4, 0.5) is 5.69 Å². The quantitative estimate of drug-likeness (QED) is 0.463. The third-order valence-electron chi connectivity index (χ3n) is 6.46. The molecule has 1 N–H and O–H groups in total. The first kappa shape index (κ1) is 28.3. The van der Waals surface area contributed by atoms with E-state index in [1.165, 1.54) is 23.1 Å². The van der Waals surface area contributed by atoms with E-state index in [1.54, 1.807) is 6.92 Å². The van der Waals surface area contributed by atoms with Crippen molar-refractivity contribution in [3.63, 3.8) is 0 Å². The summed E-state index contributed by atoms with van der Waals surface area (Å²) in [4.78, 5) is 28.2. The lowest BCUT2D eigenvalue weighted by Gasteiger charge is -2.33. The molecule has 1 atom stereocenters. The number of rotatable bonds is 10. The highest BCUT2D eigenvalue weighted by Crippen LogP contribution is 2.30. The summed E-state index contributed by atoms with van der Waals surface area (Å²) in [6.07, 6.45) is 6.69. The number of nitrogens with one attached hydrogen (secondary N) is 1. The fourth-order valence-electron chi connectivity index (χ4n) is 4.42. The molecule has 2 amide bonds. The Labute approximate surface area is 223 Å². The molecule has 10 heteroatoms. The van der Waals surface area contributed by atoms with E-state index < -0.39 is 28.5 Å². The minimum atomic E-state index is -3.86. The number of carbonyl (C=O) groups is 2. The third-order valence-corrected chi connectivity index (χ3v) is 8.12. The summed E-state index contributed by atoms with van der Waals surface area (Å²) >= 11 is 12.3. The average Bonchev–Trinajstić information content (AvgIpc) is 2.83. The van der Waals surface area contributed by atoms with Crippen LogP contribution in [0.15, 0.2) is 48.5 Å². The molecule has 3 rings (SSSR count). The molecule has 7 nitrogen and oxygen atoms in total. The van der Waals surface area contributed by atoms with Gasteiger partial charge in [-0.2, -0.15) is 0 Å². The number of sulfonamides is 1. The Morgan fingerprint density at radius 3 is 2.33 bits per heavy atom. The van der Waals surface area contributed by atoms with Crippen molar-refractivity contribution in [2.24, 2.45) is 0 Å². The first-order chi connectivity index (χ1) is 17.1. The molecule has 2 aromatic carbocycles. The number of carbonyl (C=O) groups excluding carboxylic acids is 2. The molecule has 0 spiro atoms. The van der Waals surface area contributed by atoms with E-state index in [0.29, 0.717) is 11.4 Å². The van der Waals surface area contributed by atoms with Crippen LogP contribution in [0, 0.1) is 0 Å². The van der Waals surface area contributed by atoms with Gasteiger partial charge in [0.1, 0.15) is 12.6 Å². The van der Waals surface area contributed by atoms with Crippen LogP contribution >= 0.6 is 23.2 Å². The summed E-state index contributed by atoms with van der Waals surface area (Å²) in [5.74, 6) is -0.729. The van der Waals surface area contributed by atoms with Crippen molar-refractivity contribution in [2.45, 2.75) is 57.5 Å². The molecule has 0 saturated heterocycles. The monoisotopic (exact) mass is 553 g/mol. The largest absolute Gasteiger partial charge is 0.352 e. The molecular formula is C26H33Cl2N3O4S. The molecule has 0 heterocycles. The van der Waals surface area contributed by atoms with Crippen molar-refractivity contribution < 1.29 is 18.0 Å². The van der Waals surface area contributed by atoms with Crippen molar-refractivity contribution >= 4 is 50.7 Å². The minimum absolute atomic E-state index is 0.0974. The van der Waals surface area contributed by atoms with Crippen molar-refractivity contribution in [3.05, 3.63) is 64.1 Å². The molecule has 1 fully saturated rings. The van der Waals surface area contributed by atoms with E-state index in [-0.39, 0.29) is 29.2 Å². The van der Waals surface area contributed by atoms with Gasteiger partial charge >= 0.3 is 0 Å². The van der Waals surface area contributed by atoms with Crippen LogP contribution < -0.4 is 9.62 Å². The van der Waals surface area contributed by atoms with E-state index in [1.807, 2.05) is 30.3 Å². The van der Waals surface area contributed by atoms with Gasteiger partial charge in [-0.15, -0.1) is 0 Å². The zero-order valence-corrected chi connectivity index (χ0v) is 23.0. The lowest BCUT2D eigenvalue weighted by atomic mass is 9.95. The molecule has 1 unspecified atom stereocenters. The highest BCUT2D eigenvalue weighted by Gasteiger charge is 2.31. The van der Waals surface area contributed by atoms with Crippen LogP contribution in [-0.4, -0.2) is 56.6 Å². The van der Waals surface area contributed by atoms with Gasteiger partial charge in [-0.3, -0.25) is 13.9 Å². The smallest absolute Gasteiger partial charge is 0.244 e. The SMILES string of the molecule is CC(C(=O)NC1CCCCC1)N(CCc1ccccc1)C(=O)CN(c1ccc(Cl)cc1Cl)S(C)(=O)=O. The van der Waals surface area contributed by atoms with Crippen LogP contribution in [0.1, 0.15) is 44.6 Å². The number of nitrogens with zero attached hydrogens (tertiary/aromatic N) is 2. The molecule has 0 radical (unpaired) electrons. The fraction of sp³-hybridized carbons (Fsp3) is 0.462. The zero-order chi connectivity index (χ0) is 26.3. The Morgan fingerprint density at radius 1 is 1.06 bits per heavy atom. The van der Waals surface area contributed by atoms with Gasteiger partial charge in [0.05, 0.1) is 17.0 Å². The summed E-state index contributed by atoms with van der Waals surface area (Å²) in [5.41, 5.74) is 1.16. The Balaban J connectivity index is 1.83. The maximum absolute atomic E-state index is 13.6. The standard InChI is InChI=1S/C26H33Cl2N3O4S/c1-19(26(33)29-22-11-7-4-8-12-22)30(16-15-20-9-5-3-6-10-20)25(32)18-31(36(2,34)35)24-14-13-21(27)17-23(24)28/h3,5-6,9-10,13-14,17,19,22H,4,7-8,11-12,15-16,18H2,1-2H3,(H,29,33). The number of anilines is 1. The van der Waals surface area contributed by atoms with Crippen LogP contribution in [0.25, 0.3) is 0 Å². The van der Waals surface area contributed by atoms with Gasteiger partial charge in [-0.1, -0.05) is 72.8 Å². The van der Waals surface area contributed by atoms with Gasteiger partial charge in [-0.25, -0.2) is 8.42 Å². The molecule has 36 heavy (non-hydrogen) atoms. The highest BCUT2D eigenvalue weighted by molar-refractivity contribution is 7.92. The van der Waals surface area contributed by atoms with Crippen LogP contribution in [-0.2, 0) is 26.0 Å². The van der Waals surface area contributed by atoms with Gasteiger partial charge < -0.3 is 10.2 Å². The maximum atomic E-state index is 13.6. The van der Waals surface area contributed by atoms with Gasteiger partial charge in [-0.05, 0) is 49.9 Å². The summed E-state index contributed by atoms with van der Waals surface area (Å²) in [6.45, 7) is 1.45. The molecule has 1 aliphatic rings. The third kappa shape index (κ3) is 7.85. The van der Waals surface area contributed by atoms with Crippen LogP contribution in [0.3, 0.4) is 0 Å². The second-order valence-electron chi connectivity index (χ2n) is 9.21. The second kappa shape index (κ2) is 12.8. The van der Waals surface area contributed by atoms with E-state index in [9.17, 15) is 18.0 Å². The van der Waals surface area contributed by atoms with Crippen molar-refractivity contribution in [1.29, 1.82) is 0 Å². The molecule has 0 aromatic heterocycles. The first-order valence-electron chi connectivity index (χ1n) is 12.1. The minimum Gasteiger partial charge on any atom is -0.352 e. The maximum Gasteiger partial charge on any atom is 0.244 e. The van der Waals surface area contributed by atoms with E-state index in [0.717, 1.165) is 48.2 Å². The number of hydrogen-bond acceptors (Lipinski definition) is 4. The topological polar surface area (TPSA) is 86.8 Å².